The van der Waals surface area contributed by atoms with Gasteiger partial charge >= 0.3 is 11.9 Å². The number of para-hydroxylation sites is 3. The van der Waals surface area contributed by atoms with E-state index < -0.39 is 11.9 Å². The summed E-state index contributed by atoms with van der Waals surface area (Å²) in [5.41, 5.74) is 9.08. The van der Waals surface area contributed by atoms with Gasteiger partial charge < -0.3 is 19.7 Å². The van der Waals surface area contributed by atoms with Crippen LogP contribution in [0.5, 0.6) is 0 Å². The summed E-state index contributed by atoms with van der Waals surface area (Å²) in [5.74, 6) is -2.05. The maximum atomic E-state index is 12.8. The van der Waals surface area contributed by atoms with Crippen LogP contribution in [-0.2, 0) is 0 Å². The molecule has 1 heterocycles. The molecule has 0 amide bonds. The van der Waals surface area contributed by atoms with Gasteiger partial charge in [0.25, 0.3) is 0 Å². The lowest BCUT2D eigenvalue weighted by Crippen LogP contribution is -2.10. The van der Waals surface area contributed by atoms with Gasteiger partial charge in [-0.2, -0.15) is 0 Å². The molecule has 0 saturated carbocycles. The van der Waals surface area contributed by atoms with Crippen LogP contribution in [0.15, 0.2) is 194 Å². The normalized spacial score (nSPS) is 11.4. The molecule has 0 aliphatic rings. The van der Waals surface area contributed by atoms with E-state index in [1.807, 2.05) is 72.8 Å². The number of nitrogens with zero attached hydrogens (tertiary/aromatic N) is 2. The van der Waals surface area contributed by atoms with Crippen LogP contribution in [0.25, 0.3) is 71.3 Å². The molecule has 0 radical (unpaired) electrons. The molecule has 276 valence electrons. The summed E-state index contributed by atoms with van der Waals surface area (Å²) >= 11 is 0. The SMILES string of the molecule is O=C(O)c1ccccc1-c1c2ccccc2c(-c2ccccc2C(=O)O)c2cc(N(c3ccccc3)c3ccc(-n4c5ccccc5c5ccccc54)cc3)ccc12. The lowest BCUT2D eigenvalue weighted by atomic mass is 9.83. The van der Waals surface area contributed by atoms with Crippen molar-refractivity contribution in [2.24, 2.45) is 0 Å². The zero-order valence-electron chi connectivity index (χ0n) is 31.1. The van der Waals surface area contributed by atoms with Gasteiger partial charge in [-0.3, -0.25) is 0 Å². The first-order valence-electron chi connectivity index (χ1n) is 19.1. The molecule has 0 atom stereocenters. The van der Waals surface area contributed by atoms with E-state index in [0.29, 0.717) is 11.1 Å². The number of fused-ring (bicyclic) bond motifs is 5. The predicted molar refractivity (Wildman–Crippen MR) is 235 cm³/mol. The Bertz CT molecular complexity index is 3190. The van der Waals surface area contributed by atoms with Crippen molar-refractivity contribution in [2.45, 2.75) is 0 Å². The number of anilines is 3. The third kappa shape index (κ3) is 5.58. The summed E-state index contributed by atoms with van der Waals surface area (Å²) in [6, 6.07) is 63.8. The van der Waals surface area contributed by atoms with Crippen molar-refractivity contribution in [1.82, 2.24) is 4.57 Å². The third-order valence-electron chi connectivity index (χ3n) is 11.1. The minimum atomic E-state index is -1.03. The Morgan fingerprint density at radius 2 is 0.793 bits per heavy atom. The van der Waals surface area contributed by atoms with E-state index in [-0.39, 0.29) is 11.1 Å². The molecular formula is C52H34N2O4. The summed E-state index contributed by atoms with van der Waals surface area (Å²) in [5, 5.41) is 26.5. The Morgan fingerprint density at radius 1 is 0.379 bits per heavy atom. The second-order valence-corrected chi connectivity index (χ2v) is 14.3. The molecule has 9 aromatic carbocycles. The maximum absolute atomic E-state index is 12.8. The summed E-state index contributed by atoms with van der Waals surface area (Å²) in [4.78, 5) is 27.7. The fourth-order valence-electron chi connectivity index (χ4n) is 8.64. The monoisotopic (exact) mass is 750 g/mol. The zero-order valence-corrected chi connectivity index (χ0v) is 31.1. The number of carboxylic acids is 2. The number of aromatic carboxylic acids is 2. The Kier molecular flexibility index (Phi) is 8.31. The Labute approximate surface area is 333 Å². The van der Waals surface area contributed by atoms with E-state index in [9.17, 15) is 19.8 Å². The van der Waals surface area contributed by atoms with Crippen LogP contribution in [0.3, 0.4) is 0 Å². The highest BCUT2D eigenvalue weighted by atomic mass is 16.4. The molecule has 6 nitrogen and oxygen atoms in total. The number of benzene rings is 9. The summed E-state index contributed by atoms with van der Waals surface area (Å²) in [7, 11) is 0. The molecule has 6 heteroatoms. The van der Waals surface area contributed by atoms with Gasteiger partial charge in [-0.05, 0) is 117 Å². The summed E-state index contributed by atoms with van der Waals surface area (Å²) in [6.07, 6.45) is 0. The number of rotatable bonds is 8. The maximum Gasteiger partial charge on any atom is 0.336 e. The van der Waals surface area contributed by atoms with Crippen LogP contribution in [0.1, 0.15) is 20.7 Å². The second-order valence-electron chi connectivity index (χ2n) is 14.3. The fourth-order valence-corrected chi connectivity index (χ4v) is 8.64. The highest BCUT2D eigenvalue weighted by Crippen LogP contribution is 2.47. The molecule has 0 unspecified atom stereocenters. The first-order chi connectivity index (χ1) is 28.5. The first-order valence-corrected chi connectivity index (χ1v) is 19.1. The van der Waals surface area contributed by atoms with Crippen molar-refractivity contribution in [3.63, 3.8) is 0 Å². The van der Waals surface area contributed by atoms with E-state index in [0.717, 1.165) is 66.5 Å². The van der Waals surface area contributed by atoms with Gasteiger partial charge in [0.2, 0.25) is 0 Å². The standard InChI is InChI=1S/C52H34N2O4/c55-51(56)44-22-8-6-20-41(44)49-39-18-4-5-19-40(39)50(42-21-7-9-23-45(42)52(57)58)46-32-36(30-31-43(46)49)53(33-14-2-1-3-15-33)34-26-28-35(29-27-34)54-47-24-12-10-16-37(47)38-17-11-13-25-48(38)54/h1-32H,(H,55,56)(H,57,58). The van der Waals surface area contributed by atoms with Crippen LogP contribution < -0.4 is 4.90 Å². The van der Waals surface area contributed by atoms with Gasteiger partial charge in [0.05, 0.1) is 22.2 Å². The molecule has 0 bridgehead atoms. The van der Waals surface area contributed by atoms with Crippen molar-refractivity contribution in [3.8, 4) is 27.9 Å². The van der Waals surface area contributed by atoms with E-state index in [1.54, 1.807) is 24.3 Å². The molecule has 10 aromatic rings. The quantitative estimate of drug-likeness (QED) is 0.151. The molecule has 0 spiro atoms. The average molecular weight is 751 g/mol. The highest BCUT2D eigenvalue weighted by Gasteiger charge is 2.24. The molecular weight excluding hydrogens is 717 g/mol. The molecule has 0 saturated heterocycles. The van der Waals surface area contributed by atoms with E-state index >= 15 is 0 Å². The van der Waals surface area contributed by atoms with Crippen molar-refractivity contribution in [2.75, 3.05) is 4.90 Å². The lowest BCUT2D eigenvalue weighted by molar-refractivity contribution is 0.0687. The smallest absolute Gasteiger partial charge is 0.336 e. The molecule has 1 aromatic heterocycles. The van der Waals surface area contributed by atoms with Crippen LogP contribution >= 0.6 is 0 Å². The number of aromatic nitrogens is 1. The van der Waals surface area contributed by atoms with Gasteiger partial charge in [-0.15, -0.1) is 0 Å². The number of hydrogen-bond acceptors (Lipinski definition) is 3. The molecule has 10 rings (SSSR count). The number of carbonyl (C=O) groups is 2. The Balaban J connectivity index is 1.24. The first kappa shape index (κ1) is 34.5. The van der Waals surface area contributed by atoms with Crippen LogP contribution in [0.4, 0.5) is 17.1 Å². The molecule has 2 N–H and O–H groups in total. The van der Waals surface area contributed by atoms with Gasteiger partial charge in [-0.1, -0.05) is 121 Å². The fraction of sp³-hybridized carbons (Fsp3) is 0. The van der Waals surface area contributed by atoms with Crippen molar-refractivity contribution < 1.29 is 19.8 Å². The van der Waals surface area contributed by atoms with Crippen LogP contribution in [0, 0.1) is 0 Å². The molecule has 0 aliphatic heterocycles. The molecule has 58 heavy (non-hydrogen) atoms. The average Bonchev–Trinajstić information content (AvgIpc) is 3.60. The lowest BCUT2D eigenvalue weighted by Gasteiger charge is -2.27. The van der Waals surface area contributed by atoms with Gasteiger partial charge in [0, 0.05) is 33.5 Å². The highest BCUT2D eigenvalue weighted by molar-refractivity contribution is 6.24. The Hall–Kier alpha value is -7.96. The Morgan fingerprint density at radius 3 is 1.34 bits per heavy atom. The van der Waals surface area contributed by atoms with Crippen molar-refractivity contribution in [1.29, 1.82) is 0 Å². The minimum absolute atomic E-state index is 0.179. The second kappa shape index (κ2) is 14.0. The van der Waals surface area contributed by atoms with Gasteiger partial charge in [-0.25, -0.2) is 9.59 Å². The predicted octanol–water partition coefficient (Wildman–Crippen LogP) is 13.3. The molecule has 0 fully saturated rings. The van der Waals surface area contributed by atoms with Crippen LogP contribution in [-0.4, -0.2) is 26.7 Å². The third-order valence-corrected chi connectivity index (χ3v) is 11.1. The van der Waals surface area contributed by atoms with E-state index in [1.165, 1.54) is 10.8 Å². The van der Waals surface area contributed by atoms with Gasteiger partial charge in [0.1, 0.15) is 0 Å². The minimum Gasteiger partial charge on any atom is -0.478 e. The summed E-state index contributed by atoms with van der Waals surface area (Å²) < 4.78 is 2.30. The van der Waals surface area contributed by atoms with Crippen molar-refractivity contribution in [3.05, 3.63) is 205 Å². The van der Waals surface area contributed by atoms with E-state index in [2.05, 4.69) is 107 Å². The van der Waals surface area contributed by atoms with Crippen LogP contribution in [0.2, 0.25) is 0 Å². The summed E-state index contributed by atoms with van der Waals surface area (Å²) in [6.45, 7) is 0. The van der Waals surface area contributed by atoms with E-state index in [4.69, 9.17) is 0 Å². The number of hydrogen-bond donors (Lipinski definition) is 2. The number of carboxylic acid groups (broad SMARTS) is 2. The van der Waals surface area contributed by atoms with Gasteiger partial charge in [0.15, 0.2) is 0 Å². The van der Waals surface area contributed by atoms with Crippen molar-refractivity contribution >= 4 is 72.4 Å². The molecule has 0 aliphatic carbocycles. The largest absolute Gasteiger partial charge is 0.478 e. The zero-order chi connectivity index (χ0) is 39.3. The topological polar surface area (TPSA) is 82.8 Å².